The lowest BCUT2D eigenvalue weighted by atomic mass is 9.84. The lowest BCUT2D eigenvalue weighted by molar-refractivity contribution is 0.306. The van der Waals surface area contributed by atoms with Gasteiger partial charge in [-0.25, -0.2) is 0 Å². The summed E-state index contributed by atoms with van der Waals surface area (Å²) >= 11 is 1.62. The number of methoxy groups -OCH3 is 1. The molecule has 1 saturated heterocycles. The summed E-state index contributed by atoms with van der Waals surface area (Å²) in [7, 11) is 3.85. The summed E-state index contributed by atoms with van der Waals surface area (Å²) in [6.45, 7) is 14.3. The van der Waals surface area contributed by atoms with E-state index in [1.807, 2.05) is 13.8 Å². The van der Waals surface area contributed by atoms with Crippen molar-refractivity contribution < 1.29 is 4.74 Å². The second kappa shape index (κ2) is 8.72. The molecule has 2 N–H and O–H groups in total. The average Bonchev–Trinajstić information content (AvgIpc) is 3.34. The lowest BCUT2D eigenvalue weighted by Gasteiger charge is -2.33. The monoisotopic (exact) mass is 468 g/mol. The van der Waals surface area contributed by atoms with Crippen LogP contribution in [0.1, 0.15) is 51.9 Å². The average molecular weight is 469 g/mol. The van der Waals surface area contributed by atoms with Crippen LogP contribution in [0, 0.1) is 19.3 Å². The van der Waals surface area contributed by atoms with Crippen molar-refractivity contribution in [2.75, 3.05) is 25.6 Å². The molecule has 1 unspecified atom stereocenters. The van der Waals surface area contributed by atoms with Crippen molar-refractivity contribution in [2.45, 2.75) is 66.0 Å². The molecule has 1 atom stereocenters. The van der Waals surface area contributed by atoms with Gasteiger partial charge in [0.05, 0.1) is 18.4 Å². The zero-order valence-corrected chi connectivity index (χ0v) is 21.9. The highest BCUT2D eigenvalue weighted by Crippen LogP contribution is 2.40. The minimum absolute atomic E-state index is 0.0859. The molecule has 0 radical (unpaired) electrons. The van der Waals surface area contributed by atoms with Gasteiger partial charge in [-0.1, -0.05) is 31.3 Å². The number of aryl methyl sites for hydroxylation is 2. The van der Waals surface area contributed by atoms with Gasteiger partial charge in [-0.15, -0.1) is 10.2 Å². The summed E-state index contributed by atoms with van der Waals surface area (Å²) < 4.78 is 5.76. The molecular weight excluding hydrogens is 432 g/mol. The Balaban J connectivity index is 1.63. The van der Waals surface area contributed by atoms with Crippen LogP contribution in [0.4, 0.5) is 5.13 Å². The largest absolute Gasteiger partial charge is 0.496 e. The van der Waals surface area contributed by atoms with Crippen molar-refractivity contribution in [3.05, 3.63) is 29.6 Å². The summed E-state index contributed by atoms with van der Waals surface area (Å²) in [6, 6.07) is 6.64. The van der Waals surface area contributed by atoms with Crippen LogP contribution in [0.5, 0.6) is 5.75 Å². The predicted molar refractivity (Wildman–Crippen MR) is 136 cm³/mol. The van der Waals surface area contributed by atoms with Gasteiger partial charge in [0, 0.05) is 36.4 Å². The molecule has 3 aromatic rings. The van der Waals surface area contributed by atoms with E-state index in [1.54, 1.807) is 18.4 Å². The summed E-state index contributed by atoms with van der Waals surface area (Å²) in [5.41, 5.74) is 5.49. The Morgan fingerprint density at radius 2 is 1.88 bits per heavy atom. The SMILES string of the molecule is COc1cc(-c2c(C)n[nH]c2C)ccc1-c1nnc(N(C)C2CC(C)(C)CNC(C)(C)C2)s1. The van der Waals surface area contributed by atoms with E-state index in [9.17, 15) is 0 Å². The van der Waals surface area contributed by atoms with Crippen LogP contribution in [0.2, 0.25) is 0 Å². The first kappa shape index (κ1) is 23.7. The van der Waals surface area contributed by atoms with Crippen molar-refractivity contribution >= 4 is 16.5 Å². The molecule has 7 nitrogen and oxygen atoms in total. The molecule has 0 bridgehead atoms. The Morgan fingerprint density at radius 3 is 2.55 bits per heavy atom. The number of rotatable bonds is 5. The van der Waals surface area contributed by atoms with Crippen LogP contribution in [0.15, 0.2) is 18.2 Å². The number of hydrogen-bond acceptors (Lipinski definition) is 7. The molecule has 8 heteroatoms. The molecule has 0 saturated carbocycles. The topological polar surface area (TPSA) is 79.0 Å². The number of aromatic amines is 1. The number of nitrogens with zero attached hydrogens (tertiary/aromatic N) is 4. The van der Waals surface area contributed by atoms with Gasteiger partial charge in [-0.2, -0.15) is 5.10 Å². The first-order valence-electron chi connectivity index (χ1n) is 11.5. The second-order valence-electron chi connectivity index (χ2n) is 10.7. The number of anilines is 1. The molecule has 0 amide bonds. The fraction of sp³-hybridized carbons (Fsp3) is 0.560. The summed E-state index contributed by atoms with van der Waals surface area (Å²) in [6.07, 6.45) is 2.17. The minimum Gasteiger partial charge on any atom is -0.496 e. The summed E-state index contributed by atoms with van der Waals surface area (Å²) in [5.74, 6) is 0.791. The van der Waals surface area contributed by atoms with Gasteiger partial charge in [0.1, 0.15) is 5.75 Å². The number of aromatic nitrogens is 4. The van der Waals surface area contributed by atoms with E-state index in [2.05, 4.69) is 83.6 Å². The molecule has 0 aliphatic carbocycles. The molecule has 1 aromatic carbocycles. The van der Waals surface area contributed by atoms with Gasteiger partial charge in [-0.3, -0.25) is 5.10 Å². The number of benzene rings is 1. The van der Waals surface area contributed by atoms with E-state index >= 15 is 0 Å². The fourth-order valence-corrected chi connectivity index (χ4v) is 5.73. The van der Waals surface area contributed by atoms with Gasteiger partial charge in [0.25, 0.3) is 0 Å². The van der Waals surface area contributed by atoms with E-state index in [0.29, 0.717) is 6.04 Å². The Kier molecular flexibility index (Phi) is 6.26. The van der Waals surface area contributed by atoms with Crippen LogP contribution in [0.3, 0.4) is 0 Å². The highest BCUT2D eigenvalue weighted by atomic mass is 32.1. The maximum absolute atomic E-state index is 5.76. The molecule has 2 aromatic heterocycles. The van der Waals surface area contributed by atoms with Gasteiger partial charge >= 0.3 is 0 Å². The zero-order chi connectivity index (χ0) is 24.0. The third-order valence-electron chi connectivity index (χ3n) is 6.69. The first-order valence-corrected chi connectivity index (χ1v) is 12.3. The summed E-state index contributed by atoms with van der Waals surface area (Å²) in [5, 5.41) is 22.1. The van der Waals surface area contributed by atoms with Gasteiger partial charge in [-0.05, 0) is 63.6 Å². The van der Waals surface area contributed by atoms with Gasteiger partial charge in [0.2, 0.25) is 5.13 Å². The lowest BCUT2D eigenvalue weighted by Crippen LogP contribution is -2.44. The molecule has 1 aliphatic rings. The van der Waals surface area contributed by atoms with Crippen molar-refractivity contribution in [3.8, 4) is 27.4 Å². The smallest absolute Gasteiger partial charge is 0.208 e. The van der Waals surface area contributed by atoms with Crippen molar-refractivity contribution in [1.29, 1.82) is 0 Å². The fourth-order valence-electron chi connectivity index (χ4n) is 4.82. The number of ether oxygens (including phenoxy) is 1. The molecule has 1 fully saturated rings. The molecule has 178 valence electrons. The predicted octanol–water partition coefficient (Wildman–Crippen LogP) is 5.21. The molecule has 0 spiro atoms. The van der Waals surface area contributed by atoms with Crippen LogP contribution in [-0.4, -0.2) is 52.7 Å². The van der Waals surface area contributed by atoms with E-state index in [4.69, 9.17) is 4.74 Å². The standard InChI is InChI=1S/C25H36N6OS/c1-15-21(16(2)28-27-15)17-9-10-19(20(11-17)32-8)22-29-30-23(33-22)31(7)18-12-24(3,4)14-26-25(5,6)13-18/h9-11,18,26H,12-14H2,1-8H3,(H,27,28). The van der Waals surface area contributed by atoms with Crippen molar-refractivity contribution in [3.63, 3.8) is 0 Å². The number of nitrogens with one attached hydrogen (secondary N) is 2. The normalized spacial score (nSPS) is 19.8. The molecule has 33 heavy (non-hydrogen) atoms. The molecule has 1 aliphatic heterocycles. The Bertz CT molecular complexity index is 1090. The first-order chi connectivity index (χ1) is 15.5. The molecule has 3 heterocycles. The third-order valence-corrected chi connectivity index (χ3v) is 7.74. The minimum atomic E-state index is 0.0859. The van der Waals surface area contributed by atoms with Crippen LogP contribution in [0.25, 0.3) is 21.7 Å². The van der Waals surface area contributed by atoms with Crippen molar-refractivity contribution in [1.82, 2.24) is 25.7 Å². The van der Waals surface area contributed by atoms with Crippen LogP contribution in [-0.2, 0) is 0 Å². The maximum Gasteiger partial charge on any atom is 0.208 e. The van der Waals surface area contributed by atoms with Gasteiger partial charge in [0.15, 0.2) is 5.01 Å². The number of hydrogen-bond donors (Lipinski definition) is 2. The van der Waals surface area contributed by atoms with E-state index in [-0.39, 0.29) is 11.0 Å². The Labute approximate surface area is 201 Å². The zero-order valence-electron chi connectivity index (χ0n) is 21.0. The highest BCUT2D eigenvalue weighted by Gasteiger charge is 2.36. The number of H-pyrrole nitrogens is 1. The van der Waals surface area contributed by atoms with Crippen LogP contribution < -0.4 is 15.0 Å². The Hall–Kier alpha value is -2.45. The second-order valence-corrected chi connectivity index (χ2v) is 11.6. The maximum atomic E-state index is 5.76. The third kappa shape index (κ3) is 4.92. The van der Waals surface area contributed by atoms with E-state index in [1.165, 1.54) is 0 Å². The molecule has 4 rings (SSSR count). The van der Waals surface area contributed by atoms with E-state index < -0.39 is 0 Å². The Morgan fingerprint density at radius 1 is 1.12 bits per heavy atom. The summed E-state index contributed by atoms with van der Waals surface area (Å²) in [4.78, 5) is 2.32. The van der Waals surface area contributed by atoms with Gasteiger partial charge < -0.3 is 15.0 Å². The molecular formula is C25H36N6OS. The van der Waals surface area contributed by atoms with E-state index in [0.717, 1.165) is 63.4 Å². The quantitative estimate of drug-likeness (QED) is 0.535. The van der Waals surface area contributed by atoms with Crippen LogP contribution >= 0.6 is 11.3 Å². The highest BCUT2D eigenvalue weighted by molar-refractivity contribution is 7.18. The van der Waals surface area contributed by atoms with Crippen molar-refractivity contribution in [2.24, 2.45) is 5.41 Å².